The van der Waals surface area contributed by atoms with Gasteiger partial charge in [0, 0.05) is 18.9 Å². The van der Waals surface area contributed by atoms with Gasteiger partial charge >= 0.3 is 0 Å². The second kappa shape index (κ2) is 5.76. The Labute approximate surface area is 109 Å². The zero-order chi connectivity index (χ0) is 13.7. The molecule has 0 bridgehead atoms. The SMILES string of the molecule is CCNc1nc(NCC(N)=O)nc(-n2ccnc2)n1. The van der Waals surface area contributed by atoms with E-state index in [9.17, 15) is 4.79 Å². The fourth-order valence-electron chi connectivity index (χ4n) is 1.34. The molecule has 1 amide bonds. The number of nitrogens with one attached hydrogen (secondary N) is 2. The number of nitrogens with two attached hydrogens (primary N) is 1. The lowest BCUT2D eigenvalue weighted by molar-refractivity contribution is -0.116. The van der Waals surface area contributed by atoms with Gasteiger partial charge in [-0.3, -0.25) is 9.36 Å². The third-order valence-electron chi connectivity index (χ3n) is 2.11. The van der Waals surface area contributed by atoms with Crippen LogP contribution in [0.5, 0.6) is 0 Å². The maximum atomic E-state index is 10.8. The second-order valence-electron chi connectivity index (χ2n) is 3.60. The normalized spacial score (nSPS) is 10.2. The number of amides is 1. The lowest BCUT2D eigenvalue weighted by atomic mass is 10.6. The summed E-state index contributed by atoms with van der Waals surface area (Å²) in [5.41, 5.74) is 5.07. The molecule has 0 atom stereocenters. The highest BCUT2D eigenvalue weighted by atomic mass is 16.1. The molecular weight excluding hydrogens is 248 g/mol. The van der Waals surface area contributed by atoms with E-state index in [0.717, 1.165) is 0 Å². The maximum absolute atomic E-state index is 10.8. The average molecular weight is 262 g/mol. The number of rotatable bonds is 6. The molecule has 0 spiro atoms. The monoisotopic (exact) mass is 262 g/mol. The first-order valence-corrected chi connectivity index (χ1v) is 5.69. The third-order valence-corrected chi connectivity index (χ3v) is 2.11. The van der Waals surface area contributed by atoms with Gasteiger partial charge < -0.3 is 16.4 Å². The molecule has 9 heteroatoms. The Hall–Kier alpha value is -2.71. The van der Waals surface area contributed by atoms with Gasteiger partial charge in [-0.1, -0.05) is 0 Å². The first-order chi connectivity index (χ1) is 9.19. The highest BCUT2D eigenvalue weighted by molar-refractivity contribution is 5.78. The summed E-state index contributed by atoms with van der Waals surface area (Å²) in [7, 11) is 0. The van der Waals surface area contributed by atoms with E-state index in [2.05, 4.69) is 30.6 Å². The van der Waals surface area contributed by atoms with E-state index in [4.69, 9.17) is 5.73 Å². The minimum absolute atomic E-state index is 0.0427. The Morgan fingerprint density at radius 1 is 1.32 bits per heavy atom. The first kappa shape index (κ1) is 12.7. The topological polar surface area (TPSA) is 124 Å². The summed E-state index contributed by atoms with van der Waals surface area (Å²) in [4.78, 5) is 27.2. The van der Waals surface area contributed by atoms with Crippen molar-refractivity contribution in [1.82, 2.24) is 24.5 Å². The molecular formula is C10H14N8O. The molecule has 2 heterocycles. The molecule has 9 nitrogen and oxygen atoms in total. The Morgan fingerprint density at radius 3 is 2.63 bits per heavy atom. The Morgan fingerprint density at radius 2 is 2.05 bits per heavy atom. The molecule has 2 aromatic heterocycles. The number of carbonyl (C=O) groups is 1. The summed E-state index contributed by atoms with van der Waals surface area (Å²) in [6.45, 7) is 2.55. The molecule has 100 valence electrons. The van der Waals surface area contributed by atoms with Gasteiger partial charge in [0.15, 0.2) is 0 Å². The van der Waals surface area contributed by atoms with Gasteiger partial charge in [0.2, 0.25) is 23.8 Å². The fourth-order valence-corrected chi connectivity index (χ4v) is 1.34. The minimum Gasteiger partial charge on any atom is -0.368 e. The van der Waals surface area contributed by atoms with Crippen LogP contribution in [-0.4, -0.2) is 43.5 Å². The molecule has 0 radical (unpaired) electrons. The van der Waals surface area contributed by atoms with Crippen molar-refractivity contribution in [3.05, 3.63) is 18.7 Å². The molecule has 0 aliphatic carbocycles. The van der Waals surface area contributed by atoms with Crippen molar-refractivity contribution in [3.63, 3.8) is 0 Å². The van der Waals surface area contributed by atoms with Gasteiger partial charge in [-0.05, 0) is 6.92 Å². The van der Waals surface area contributed by atoms with Crippen molar-refractivity contribution >= 4 is 17.8 Å². The van der Waals surface area contributed by atoms with Crippen molar-refractivity contribution in [2.24, 2.45) is 5.73 Å². The summed E-state index contributed by atoms with van der Waals surface area (Å²) in [5, 5.41) is 5.72. The van der Waals surface area contributed by atoms with Crippen LogP contribution < -0.4 is 16.4 Å². The van der Waals surface area contributed by atoms with Crippen LogP contribution in [0.3, 0.4) is 0 Å². The van der Waals surface area contributed by atoms with E-state index in [0.29, 0.717) is 18.4 Å². The molecule has 0 saturated heterocycles. The molecule has 4 N–H and O–H groups in total. The zero-order valence-corrected chi connectivity index (χ0v) is 10.4. The van der Waals surface area contributed by atoms with Gasteiger partial charge in [0.1, 0.15) is 6.33 Å². The second-order valence-corrected chi connectivity index (χ2v) is 3.60. The van der Waals surface area contributed by atoms with Crippen LogP contribution in [0.4, 0.5) is 11.9 Å². The van der Waals surface area contributed by atoms with Gasteiger partial charge in [0.05, 0.1) is 6.54 Å². The highest BCUT2D eigenvalue weighted by Gasteiger charge is 2.07. The number of anilines is 2. The largest absolute Gasteiger partial charge is 0.368 e. The molecule has 0 aliphatic rings. The van der Waals surface area contributed by atoms with E-state index in [1.54, 1.807) is 23.3 Å². The molecule has 2 rings (SSSR count). The zero-order valence-electron chi connectivity index (χ0n) is 10.4. The van der Waals surface area contributed by atoms with Gasteiger partial charge in [-0.15, -0.1) is 0 Å². The van der Waals surface area contributed by atoms with Gasteiger partial charge in [0.25, 0.3) is 0 Å². The number of imidazole rings is 1. The quantitative estimate of drug-likeness (QED) is 0.634. The molecule has 0 saturated carbocycles. The number of aromatic nitrogens is 5. The van der Waals surface area contributed by atoms with Gasteiger partial charge in [-0.2, -0.15) is 15.0 Å². The van der Waals surface area contributed by atoms with E-state index in [1.165, 1.54) is 0 Å². The predicted octanol–water partition coefficient (Wildman–Crippen LogP) is -0.614. The molecule has 0 aliphatic heterocycles. The summed E-state index contributed by atoms with van der Waals surface area (Å²) in [5.74, 6) is 0.589. The van der Waals surface area contributed by atoms with E-state index in [-0.39, 0.29) is 12.5 Å². The van der Waals surface area contributed by atoms with Crippen LogP contribution in [0, 0.1) is 0 Å². The summed E-state index contributed by atoms with van der Waals surface area (Å²) < 4.78 is 1.64. The van der Waals surface area contributed by atoms with E-state index < -0.39 is 5.91 Å². The number of hydrogen-bond acceptors (Lipinski definition) is 7. The van der Waals surface area contributed by atoms with Crippen molar-refractivity contribution in [2.75, 3.05) is 23.7 Å². The lowest BCUT2D eigenvalue weighted by Crippen LogP contribution is -2.23. The van der Waals surface area contributed by atoms with Crippen LogP contribution in [0.25, 0.3) is 5.95 Å². The van der Waals surface area contributed by atoms with E-state index >= 15 is 0 Å². The van der Waals surface area contributed by atoms with Gasteiger partial charge in [-0.25, -0.2) is 4.98 Å². The maximum Gasteiger partial charge on any atom is 0.241 e. The van der Waals surface area contributed by atoms with Crippen molar-refractivity contribution in [3.8, 4) is 5.95 Å². The summed E-state index contributed by atoms with van der Waals surface area (Å²) >= 11 is 0. The van der Waals surface area contributed by atoms with Crippen LogP contribution in [0.1, 0.15) is 6.92 Å². The fraction of sp³-hybridized carbons (Fsp3) is 0.300. The third kappa shape index (κ3) is 3.37. The van der Waals surface area contributed by atoms with Crippen LogP contribution in [0.15, 0.2) is 18.7 Å². The number of primary amides is 1. The Kier molecular flexibility index (Phi) is 3.86. The van der Waals surface area contributed by atoms with Crippen LogP contribution >= 0.6 is 0 Å². The molecule has 0 unspecified atom stereocenters. The van der Waals surface area contributed by atoms with Crippen molar-refractivity contribution < 1.29 is 4.79 Å². The number of nitrogens with zero attached hydrogens (tertiary/aromatic N) is 5. The smallest absolute Gasteiger partial charge is 0.241 e. The van der Waals surface area contributed by atoms with Crippen molar-refractivity contribution in [1.29, 1.82) is 0 Å². The highest BCUT2D eigenvalue weighted by Crippen LogP contribution is 2.08. The molecule has 2 aromatic rings. The Bertz CT molecular complexity index is 553. The Balaban J connectivity index is 2.29. The van der Waals surface area contributed by atoms with Crippen LogP contribution in [0.2, 0.25) is 0 Å². The molecule has 0 aromatic carbocycles. The summed E-state index contributed by atoms with van der Waals surface area (Å²) in [6, 6.07) is 0. The standard InChI is InChI=1S/C10H14N8O/c1-2-13-8-15-9(14-5-7(11)19)17-10(16-8)18-4-3-12-6-18/h3-4,6H,2,5H2,1H3,(H2,11,19)(H2,13,14,15,16,17). The number of carbonyl (C=O) groups excluding carboxylic acids is 1. The number of hydrogen-bond donors (Lipinski definition) is 3. The first-order valence-electron chi connectivity index (χ1n) is 5.69. The summed E-state index contributed by atoms with van der Waals surface area (Å²) in [6.07, 6.45) is 4.90. The molecule has 0 fully saturated rings. The average Bonchev–Trinajstić information content (AvgIpc) is 2.90. The minimum atomic E-state index is -0.491. The molecule has 19 heavy (non-hydrogen) atoms. The van der Waals surface area contributed by atoms with E-state index in [1.807, 2.05) is 6.92 Å². The predicted molar refractivity (Wildman–Crippen MR) is 68.8 cm³/mol. The van der Waals surface area contributed by atoms with Crippen LogP contribution in [-0.2, 0) is 4.79 Å². The van der Waals surface area contributed by atoms with Crippen molar-refractivity contribution in [2.45, 2.75) is 6.92 Å². The lowest BCUT2D eigenvalue weighted by Gasteiger charge is -2.08.